The zero-order valence-electron chi connectivity index (χ0n) is 18.1. The maximum Gasteiger partial charge on any atom is 0.319 e. The highest BCUT2D eigenvalue weighted by atomic mass is 28.4. The van der Waals surface area contributed by atoms with Crippen molar-refractivity contribution in [3.05, 3.63) is 90.0 Å². The van der Waals surface area contributed by atoms with Crippen LogP contribution in [0.25, 0.3) is 0 Å². The summed E-state index contributed by atoms with van der Waals surface area (Å²) < 4.78 is 7.18. The fraction of sp³-hybridized carbons (Fsp3) is 0.333. The van der Waals surface area contributed by atoms with Gasteiger partial charge in [0.1, 0.15) is 5.75 Å². The molecule has 0 heterocycles. The molecular formula is C27H32OSi. The van der Waals surface area contributed by atoms with Gasteiger partial charge < -0.3 is 4.43 Å². The third-order valence-corrected chi connectivity index (χ3v) is 11.4. The standard InChI is InChI=1S/C27H32OSi/c1-21-12-11-13-22-20-23(18-19-26(21)22)28-29(27(2,3)4,24-14-7-5-8-15-24)25-16-9-6-10-17-25/h5-10,14-21H,11-13H2,1-4H3. The van der Waals surface area contributed by atoms with E-state index in [-0.39, 0.29) is 5.04 Å². The Balaban J connectivity index is 1.87. The van der Waals surface area contributed by atoms with Crippen molar-refractivity contribution in [1.82, 2.24) is 0 Å². The van der Waals surface area contributed by atoms with Crippen LogP contribution >= 0.6 is 0 Å². The van der Waals surface area contributed by atoms with Crippen molar-refractivity contribution in [3.8, 4) is 5.75 Å². The van der Waals surface area contributed by atoms with Gasteiger partial charge in [0.2, 0.25) is 0 Å². The number of hydrogen-bond donors (Lipinski definition) is 0. The first-order chi connectivity index (χ1) is 13.9. The van der Waals surface area contributed by atoms with Crippen LogP contribution in [-0.2, 0) is 6.42 Å². The first-order valence-electron chi connectivity index (χ1n) is 10.8. The summed E-state index contributed by atoms with van der Waals surface area (Å²) in [5, 5.41) is 2.63. The van der Waals surface area contributed by atoms with Gasteiger partial charge in [0.05, 0.1) is 0 Å². The molecule has 150 valence electrons. The van der Waals surface area contributed by atoms with Gasteiger partial charge in [-0.05, 0) is 63.9 Å². The topological polar surface area (TPSA) is 9.23 Å². The van der Waals surface area contributed by atoms with Crippen LogP contribution in [0.5, 0.6) is 5.75 Å². The molecule has 0 fully saturated rings. The molecule has 0 saturated heterocycles. The summed E-state index contributed by atoms with van der Waals surface area (Å²) in [7, 11) is -2.55. The molecule has 0 aromatic heterocycles. The first-order valence-corrected chi connectivity index (χ1v) is 12.8. The summed E-state index contributed by atoms with van der Waals surface area (Å²) in [6, 6.07) is 28.6. The summed E-state index contributed by atoms with van der Waals surface area (Å²) >= 11 is 0. The summed E-state index contributed by atoms with van der Waals surface area (Å²) in [6.07, 6.45) is 3.73. The smallest absolute Gasteiger partial charge is 0.319 e. The third-order valence-electron chi connectivity index (χ3n) is 6.42. The second kappa shape index (κ2) is 7.83. The number of hydrogen-bond acceptors (Lipinski definition) is 1. The van der Waals surface area contributed by atoms with Crippen molar-refractivity contribution in [3.63, 3.8) is 0 Å². The van der Waals surface area contributed by atoms with Gasteiger partial charge in [0.25, 0.3) is 0 Å². The number of aryl methyl sites for hydroxylation is 1. The SMILES string of the molecule is CC1CCCc2cc(O[Si](c3ccccc3)(c3ccccc3)C(C)(C)C)ccc21. The Kier molecular flexibility index (Phi) is 5.39. The molecule has 0 saturated carbocycles. The van der Waals surface area contributed by atoms with E-state index in [1.165, 1.54) is 34.3 Å². The lowest BCUT2D eigenvalue weighted by Gasteiger charge is -2.43. The predicted molar refractivity (Wildman–Crippen MR) is 126 cm³/mol. The van der Waals surface area contributed by atoms with Crippen molar-refractivity contribution in [2.24, 2.45) is 0 Å². The normalized spacial score (nSPS) is 16.9. The molecule has 0 bridgehead atoms. The predicted octanol–water partition coefficient (Wildman–Crippen LogP) is 6.07. The molecule has 0 amide bonds. The van der Waals surface area contributed by atoms with Gasteiger partial charge >= 0.3 is 8.32 Å². The summed E-state index contributed by atoms with van der Waals surface area (Å²) in [4.78, 5) is 0. The van der Waals surface area contributed by atoms with Gasteiger partial charge in [-0.25, -0.2) is 0 Å². The highest BCUT2D eigenvalue weighted by Crippen LogP contribution is 2.39. The van der Waals surface area contributed by atoms with Gasteiger partial charge in [-0.1, -0.05) is 94.4 Å². The van der Waals surface area contributed by atoms with Crippen LogP contribution in [0.3, 0.4) is 0 Å². The fourth-order valence-corrected chi connectivity index (χ4v) is 9.33. The first kappa shape index (κ1) is 20.0. The van der Waals surface area contributed by atoms with E-state index in [1.54, 1.807) is 0 Å². The van der Waals surface area contributed by atoms with Crippen LogP contribution in [0, 0.1) is 0 Å². The molecule has 1 unspecified atom stereocenters. The van der Waals surface area contributed by atoms with Crippen LogP contribution < -0.4 is 14.8 Å². The molecule has 0 radical (unpaired) electrons. The second-order valence-electron chi connectivity index (χ2n) is 9.42. The average molecular weight is 401 g/mol. The van der Waals surface area contributed by atoms with Crippen LogP contribution in [0.15, 0.2) is 78.9 Å². The van der Waals surface area contributed by atoms with Gasteiger partial charge in [-0.2, -0.15) is 0 Å². The Morgan fingerprint density at radius 2 is 1.41 bits per heavy atom. The van der Waals surface area contributed by atoms with E-state index in [9.17, 15) is 0 Å². The molecule has 1 nitrogen and oxygen atoms in total. The Bertz CT molecular complexity index is 917. The van der Waals surface area contributed by atoms with Crippen molar-refractivity contribution in [1.29, 1.82) is 0 Å². The molecule has 29 heavy (non-hydrogen) atoms. The van der Waals surface area contributed by atoms with E-state index in [0.717, 1.165) is 12.2 Å². The largest absolute Gasteiger partial charge is 0.534 e. The van der Waals surface area contributed by atoms with Crippen LogP contribution in [0.1, 0.15) is 57.6 Å². The van der Waals surface area contributed by atoms with Gasteiger partial charge in [0.15, 0.2) is 0 Å². The lowest BCUT2D eigenvalue weighted by atomic mass is 9.84. The summed E-state index contributed by atoms with van der Waals surface area (Å²) in [6.45, 7) is 9.35. The highest BCUT2D eigenvalue weighted by Gasteiger charge is 2.52. The van der Waals surface area contributed by atoms with Gasteiger partial charge in [-0.15, -0.1) is 0 Å². The zero-order valence-corrected chi connectivity index (χ0v) is 19.1. The van der Waals surface area contributed by atoms with E-state index in [0.29, 0.717) is 5.92 Å². The maximum absolute atomic E-state index is 7.18. The average Bonchev–Trinajstić information content (AvgIpc) is 2.72. The lowest BCUT2D eigenvalue weighted by Crippen LogP contribution is -2.68. The Morgan fingerprint density at radius 1 is 0.828 bits per heavy atom. The maximum atomic E-state index is 7.18. The highest BCUT2D eigenvalue weighted by molar-refractivity contribution is 7.00. The van der Waals surface area contributed by atoms with Gasteiger partial charge in [0, 0.05) is 0 Å². The van der Waals surface area contributed by atoms with Crippen LogP contribution in [0.2, 0.25) is 5.04 Å². The van der Waals surface area contributed by atoms with Crippen LogP contribution in [-0.4, -0.2) is 8.32 Å². The Labute approximate surface area is 176 Å². The lowest BCUT2D eigenvalue weighted by molar-refractivity contribution is 0.504. The van der Waals surface area contributed by atoms with Crippen molar-refractivity contribution >= 4 is 18.7 Å². The molecule has 2 heteroatoms. The molecule has 3 aromatic carbocycles. The summed E-state index contributed by atoms with van der Waals surface area (Å²) in [5.74, 6) is 1.67. The van der Waals surface area contributed by atoms with E-state index in [4.69, 9.17) is 4.43 Å². The minimum atomic E-state index is -2.55. The molecule has 3 aromatic rings. The van der Waals surface area contributed by atoms with Crippen molar-refractivity contribution in [2.75, 3.05) is 0 Å². The second-order valence-corrected chi connectivity index (χ2v) is 13.6. The molecule has 1 aliphatic rings. The number of rotatable bonds is 4. The number of benzene rings is 3. The minimum Gasteiger partial charge on any atom is -0.534 e. The van der Waals surface area contributed by atoms with E-state index in [2.05, 4.69) is 107 Å². The Morgan fingerprint density at radius 3 is 1.97 bits per heavy atom. The molecule has 0 aliphatic heterocycles. The molecule has 1 atom stereocenters. The molecule has 4 rings (SSSR count). The van der Waals surface area contributed by atoms with Crippen molar-refractivity contribution in [2.45, 2.75) is 57.9 Å². The van der Waals surface area contributed by atoms with Gasteiger partial charge in [-0.3, -0.25) is 0 Å². The fourth-order valence-electron chi connectivity index (χ4n) is 4.92. The number of fused-ring (bicyclic) bond motifs is 1. The van der Waals surface area contributed by atoms with E-state index >= 15 is 0 Å². The molecule has 0 N–H and O–H groups in total. The van der Waals surface area contributed by atoms with E-state index < -0.39 is 8.32 Å². The third kappa shape index (κ3) is 3.66. The summed E-state index contributed by atoms with van der Waals surface area (Å²) in [5.41, 5.74) is 2.98. The van der Waals surface area contributed by atoms with Crippen LogP contribution in [0.4, 0.5) is 0 Å². The Hall–Kier alpha value is -2.32. The van der Waals surface area contributed by atoms with E-state index in [1.807, 2.05) is 0 Å². The molecular weight excluding hydrogens is 368 g/mol. The molecule has 1 aliphatic carbocycles. The quantitative estimate of drug-likeness (QED) is 0.483. The monoisotopic (exact) mass is 400 g/mol. The van der Waals surface area contributed by atoms with Crippen molar-refractivity contribution < 1.29 is 4.43 Å². The minimum absolute atomic E-state index is 0.0150. The zero-order chi connectivity index (χ0) is 20.5. The molecule has 0 spiro atoms.